The first-order valence-electron chi connectivity index (χ1n) is 9.03. The summed E-state index contributed by atoms with van der Waals surface area (Å²) in [4.78, 5) is 23.2. The van der Waals surface area contributed by atoms with Crippen LogP contribution in [0.3, 0.4) is 0 Å². The number of benzene rings is 2. The summed E-state index contributed by atoms with van der Waals surface area (Å²) in [5.41, 5.74) is 7.93. The molecule has 2 aromatic rings. The van der Waals surface area contributed by atoms with Gasteiger partial charge in [-0.15, -0.1) is 0 Å². The quantitative estimate of drug-likeness (QED) is 0.401. The van der Waals surface area contributed by atoms with E-state index in [-0.39, 0.29) is 24.1 Å². The molecule has 132 valence electrons. The molecule has 3 aliphatic rings. The third-order valence-corrected chi connectivity index (χ3v) is 5.61. The first-order valence-corrected chi connectivity index (χ1v) is 9.03. The number of rotatable bonds is 2. The SMILES string of the molecule is C=C1CC(c2ccc3c(c2)Bc2cc(C4CC(=C)C(=O)O4)ccc2-3)OC1=O. The number of ether oxygens (including phenoxy) is 2. The summed E-state index contributed by atoms with van der Waals surface area (Å²) in [7, 11) is 0.815. The molecular weight excluding hydrogens is 339 g/mol. The second-order valence-electron chi connectivity index (χ2n) is 7.41. The van der Waals surface area contributed by atoms with Gasteiger partial charge in [0, 0.05) is 24.0 Å². The van der Waals surface area contributed by atoms with Crippen molar-refractivity contribution >= 4 is 30.1 Å². The molecule has 2 saturated heterocycles. The number of carbonyl (C=O) groups excluding carboxylic acids is 2. The highest BCUT2D eigenvalue weighted by Gasteiger charge is 2.32. The minimum absolute atomic E-state index is 0.238. The third-order valence-electron chi connectivity index (χ3n) is 5.61. The van der Waals surface area contributed by atoms with Crippen molar-refractivity contribution in [2.75, 3.05) is 0 Å². The van der Waals surface area contributed by atoms with Gasteiger partial charge in [-0.05, 0) is 22.3 Å². The Morgan fingerprint density at radius 2 is 1.22 bits per heavy atom. The van der Waals surface area contributed by atoms with Crippen LogP contribution in [0.1, 0.15) is 36.2 Å². The second-order valence-corrected chi connectivity index (χ2v) is 7.41. The summed E-state index contributed by atoms with van der Waals surface area (Å²) in [6.07, 6.45) is 0.620. The lowest BCUT2D eigenvalue weighted by molar-refractivity contribution is -0.140. The van der Waals surface area contributed by atoms with Gasteiger partial charge in [-0.25, -0.2) is 9.59 Å². The van der Waals surface area contributed by atoms with Crippen LogP contribution < -0.4 is 10.9 Å². The van der Waals surface area contributed by atoms with Crippen molar-refractivity contribution in [2.45, 2.75) is 25.0 Å². The van der Waals surface area contributed by atoms with E-state index in [9.17, 15) is 9.59 Å². The lowest BCUT2D eigenvalue weighted by Crippen LogP contribution is -2.22. The van der Waals surface area contributed by atoms with Crippen molar-refractivity contribution in [1.29, 1.82) is 0 Å². The van der Waals surface area contributed by atoms with E-state index in [4.69, 9.17) is 9.47 Å². The van der Waals surface area contributed by atoms with Crippen LogP contribution in [0.2, 0.25) is 0 Å². The van der Waals surface area contributed by atoms with Crippen molar-refractivity contribution in [3.8, 4) is 11.1 Å². The van der Waals surface area contributed by atoms with Crippen LogP contribution in [0.4, 0.5) is 0 Å². The molecule has 2 aromatic carbocycles. The normalized spacial score (nSPS) is 23.0. The Bertz CT molecular complexity index is 937. The summed E-state index contributed by atoms with van der Waals surface area (Å²) in [5, 5.41) is 0. The highest BCUT2D eigenvalue weighted by Crippen LogP contribution is 2.35. The minimum atomic E-state index is -0.305. The fraction of sp³-hybridized carbons (Fsp3) is 0.182. The standard InChI is InChI=1S/C22H17BO4/c1-11-7-19(26-21(11)24)13-3-5-15-16-6-4-14(10-18(16)23-17(15)9-13)20-8-12(2)22(25)27-20/h3-6,9-10,19-20,23H,1-2,7-8H2. The maximum absolute atomic E-state index is 11.6. The molecule has 5 heteroatoms. The van der Waals surface area contributed by atoms with Gasteiger partial charge < -0.3 is 9.47 Å². The Morgan fingerprint density at radius 1 is 0.778 bits per heavy atom. The number of esters is 2. The van der Waals surface area contributed by atoms with Crippen molar-refractivity contribution in [1.82, 2.24) is 0 Å². The molecule has 27 heavy (non-hydrogen) atoms. The molecule has 0 radical (unpaired) electrons. The monoisotopic (exact) mass is 356 g/mol. The Kier molecular flexibility index (Phi) is 3.41. The third kappa shape index (κ3) is 2.54. The zero-order chi connectivity index (χ0) is 18.7. The molecular formula is C22H17BO4. The van der Waals surface area contributed by atoms with Crippen LogP contribution in [0.15, 0.2) is 60.7 Å². The topological polar surface area (TPSA) is 52.6 Å². The molecule has 0 N–H and O–H groups in total. The molecule has 3 aliphatic heterocycles. The maximum Gasteiger partial charge on any atom is 0.334 e. The fourth-order valence-corrected chi connectivity index (χ4v) is 4.15. The van der Waals surface area contributed by atoms with E-state index in [1.807, 2.05) is 12.1 Å². The molecule has 5 rings (SSSR count). The number of carbonyl (C=O) groups is 2. The molecule has 4 nitrogen and oxygen atoms in total. The molecule has 2 fully saturated rings. The van der Waals surface area contributed by atoms with Gasteiger partial charge in [-0.2, -0.15) is 0 Å². The Balaban J connectivity index is 1.44. The maximum atomic E-state index is 11.6. The van der Waals surface area contributed by atoms with E-state index in [0.29, 0.717) is 24.0 Å². The molecule has 0 spiro atoms. The zero-order valence-electron chi connectivity index (χ0n) is 14.8. The van der Waals surface area contributed by atoms with Crippen LogP contribution in [-0.4, -0.2) is 19.2 Å². The van der Waals surface area contributed by atoms with Crippen molar-refractivity contribution in [3.05, 3.63) is 71.8 Å². The highest BCUT2D eigenvalue weighted by molar-refractivity contribution is 6.73. The fourth-order valence-electron chi connectivity index (χ4n) is 4.15. The van der Waals surface area contributed by atoms with E-state index in [2.05, 4.69) is 37.4 Å². The van der Waals surface area contributed by atoms with Crippen molar-refractivity contribution in [3.63, 3.8) is 0 Å². The molecule has 0 aliphatic carbocycles. The summed E-state index contributed by atoms with van der Waals surface area (Å²) < 4.78 is 10.8. The number of cyclic esters (lactones) is 2. The summed E-state index contributed by atoms with van der Waals surface area (Å²) in [6.45, 7) is 7.51. The van der Waals surface area contributed by atoms with Gasteiger partial charge in [-0.3, -0.25) is 0 Å². The van der Waals surface area contributed by atoms with Gasteiger partial charge in [-0.1, -0.05) is 60.5 Å². The number of fused-ring (bicyclic) bond motifs is 3. The van der Waals surface area contributed by atoms with Gasteiger partial charge in [0.05, 0.1) is 0 Å². The molecule has 0 saturated carbocycles. The average molecular weight is 356 g/mol. The molecule has 3 heterocycles. The van der Waals surface area contributed by atoms with E-state index < -0.39 is 0 Å². The summed E-state index contributed by atoms with van der Waals surface area (Å²) in [5.74, 6) is -0.609. The Hall–Kier alpha value is -3.08. The Morgan fingerprint density at radius 3 is 1.59 bits per heavy atom. The van der Waals surface area contributed by atoms with Crippen molar-refractivity contribution in [2.24, 2.45) is 0 Å². The smallest absolute Gasteiger partial charge is 0.334 e. The van der Waals surface area contributed by atoms with Gasteiger partial charge in [0.1, 0.15) is 12.2 Å². The van der Waals surface area contributed by atoms with Crippen LogP contribution in [0, 0.1) is 0 Å². The minimum Gasteiger partial charge on any atom is -0.454 e. The molecule has 2 atom stereocenters. The summed E-state index contributed by atoms with van der Waals surface area (Å²) in [6, 6.07) is 12.5. The first kappa shape index (κ1) is 16.1. The highest BCUT2D eigenvalue weighted by atomic mass is 16.6. The van der Waals surface area contributed by atoms with E-state index in [0.717, 1.165) is 18.4 Å². The van der Waals surface area contributed by atoms with Gasteiger partial charge in [0.25, 0.3) is 0 Å². The van der Waals surface area contributed by atoms with Crippen LogP contribution >= 0.6 is 0 Å². The lowest BCUT2D eigenvalue weighted by Gasteiger charge is -2.12. The van der Waals surface area contributed by atoms with Gasteiger partial charge in [0.2, 0.25) is 0 Å². The predicted octanol–water partition coefficient (Wildman–Crippen LogP) is 2.14. The molecule has 0 aromatic heterocycles. The summed E-state index contributed by atoms with van der Waals surface area (Å²) >= 11 is 0. The van der Waals surface area contributed by atoms with Crippen LogP contribution in [0.25, 0.3) is 11.1 Å². The number of hydrogen-bond donors (Lipinski definition) is 0. The molecule has 0 amide bonds. The van der Waals surface area contributed by atoms with E-state index in [1.165, 1.54) is 22.1 Å². The lowest BCUT2D eigenvalue weighted by atomic mass is 9.67. The number of hydrogen-bond acceptors (Lipinski definition) is 4. The van der Waals surface area contributed by atoms with Crippen LogP contribution in [-0.2, 0) is 19.1 Å². The van der Waals surface area contributed by atoms with E-state index >= 15 is 0 Å². The zero-order valence-corrected chi connectivity index (χ0v) is 14.8. The van der Waals surface area contributed by atoms with E-state index in [1.54, 1.807) is 0 Å². The van der Waals surface area contributed by atoms with Gasteiger partial charge >= 0.3 is 11.9 Å². The predicted molar refractivity (Wildman–Crippen MR) is 103 cm³/mol. The first-order chi connectivity index (χ1) is 13.0. The second kappa shape index (κ2) is 5.71. The molecule has 2 unspecified atom stereocenters. The van der Waals surface area contributed by atoms with Crippen molar-refractivity contribution < 1.29 is 19.1 Å². The largest absolute Gasteiger partial charge is 0.454 e. The molecule has 0 bridgehead atoms. The van der Waals surface area contributed by atoms with Gasteiger partial charge in [0.15, 0.2) is 7.28 Å². The average Bonchev–Trinajstić information content (AvgIpc) is 3.30. The van der Waals surface area contributed by atoms with Crippen LogP contribution in [0.5, 0.6) is 0 Å². The Labute approximate surface area is 157 Å².